The van der Waals surface area contributed by atoms with E-state index in [-0.39, 0.29) is 29.6 Å². The molecule has 0 saturated carbocycles. The number of fused-ring (bicyclic) bond motifs is 1. The molecule has 3 aromatic rings. The smallest absolute Gasteiger partial charge is 0.341 e. The maximum Gasteiger partial charge on any atom is 0.341 e. The number of thioether (sulfide) groups is 1. The Morgan fingerprint density at radius 1 is 1.10 bits per heavy atom. The normalized spacial score (nSPS) is 10.7. The molecule has 0 aliphatic rings. The second-order valence-corrected chi connectivity index (χ2v) is 8.45. The molecular weight excluding hydrogens is 406 g/mol. The summed E-state index contributed by atoms with van der Waals surface area (Å²) >= 11 is 2.52. The van der Waals surface area contributed by atoms with Crippen molar-refractivity contribution in [3.63, 3.8) is 0 Å². The van der Waals surface area contributed by atoms with Gasteiger partial charge in [0.15, 0.2) is 5.78 Å². The molecule has 150 valence electrons. The number of rotatable bonds is 7. The zero-order valence-electron chi connectivity index (χ0n) is 16.4. The molecule has 3 rings (SSSR count). The minimum Gasteiger partial charge on any atom is -0.462 e. The first-order valence-electron chi connectivity index (χ1n) is 9.13. The summed E-state index contributed by atoms with van der Waals surface area (Å²) in [6.45, 7) is 5.06. The van der Waals surface area contributed by atoms with Crippen LogP contribution < -0.4 is 5.32 Å². The van der Waals surface area contributed by atoms with Crippen LogP contribution in [0.25, 0.3) is 10.8 Å². The van der Waals surface area contributed by atoms with E-state index in [0.717, 1.165) is 27.0 Å². The van der Waals surface area contributed by atoms with E-state index in [1.807, 2.05) is 42.5 Å². The first-order chi connectivity index (χ1) is 13.9. The van der Waals surface area contributed by atoms with Crippen LogP contribution in [-0.4, -0.2) is 30.0 Å². The SMILES string of the molecule is CCOC(=O)c1c(NC(=O)CSc2ccc3ccccc3c2)sc(C(C)=O)c1C. The Labute approximate surface area is 177 Å². The number of ketones is 1. The van der Waals surface area contributed by atoms with E-state index in [9.17, 15) is 14.4 Å². The summed E-state index contributed by atoms with van der Waals surface area (Å²) in [5.41, 5.74) is 0.796. The van der Waals surface area contributed by atoms with Gasteiger partial charge in [-0.1, -0.05) is 30.3 Å². The largest absolute Gasteiger partial charge is 0.462 e. The highest BCUT2D eigenvalue weighted by molar-refractivity contribution is 8.00. The van der Waals surface area contributed by atoms with Crippen LogP contribution in [0.2, 0.25) is 0 Å². The quantitative estimate of drug-likeness (QED) is 0.314. The van der Waals surface area contributed by atoms with Crippen LogP contribution >= 0.6 is 23.1 Å². The first kappa shape index (κ1) is 21.1. The highest BCUT2D eigenvalue weighted by Crippen LogP contribution is 2.34. The molecule has 0 spiro atoms. The van der Waals surface area contributed by atoms with E-state index >= 15 is 0 Å². The van der Waals surface area contributed by atoms with Gasteiger partial charge in [0, 0.05) is 4.90 Å². The molecule has 1 N–H and O–H groups in total. The number of esters is 1. The Morgan fingerprint density at radius 2 is 1.83 bits per heavy atom. The molecule has 1 aromatic heterocycles. The fraction of sp³-hybridized carbons (Fsp3) is 0.227. The molecule has 0 aliphatic heterocycles. The Kier molecular flexibility index (Phi) is 6.71. The average molecular weight is 428 g/mol. The summed E-state index contributed by atoms with van der Waals surface area (Å²) < 4.78 is 5.09. The number of nitrogens with one attached hydrogen (secondary N) is 1. The lowest BCUT2D eigenvalue weighted by Crippen LogP contribution is -2.16. The Morgan fingerprint density at radius 3 is 2.52 bits per heavy atom. The first-order valence-corrected chi connectivity index (χ1v) is 10.9. The summed E-state index contributed by atoms with van der Waals surface area (Å²) in [6, 6.07) is 14.1. The lowest BCUT2D eigenvalue weighted by Gasteiger charge is -2.07. The van der Waals surface area contributed by atoms with E-state index in [0.29, 0.717) is 15.4 Å². The fourth-order valence-corrected chi connectivity index (χ4v) is 4.81. The van der Waals surface area contributed by atoms with Crippen molar-refractivity contribution >= 4 is 56.5 Å². The van der Waals surface area contributed by atoms with Gasteiger partial charge >= 0.3 is 5.97 Å². The van der Waals surface area contributed by atoms with E-state index < -0.39 is 5.97 Å². The van der Waals surface area contributed by atoms with Crippen LogP contribution in [0.15, 0.2) is 47.4 Å². The van der Waals surface area contributed by atoms with Gasteiger partial charge in [-0.25, -0.2) is 4.79 Å². The number of ether oxygens (including phenoxy) is 1. The molecule has 0 atom stereocenters. The summed E-state index contributed by atoms with van der Waals surface area (Å²) in [4.78, 5) is 38.1. The predicted molar refractivity (Wildman–Crippen MR) is 118 cm³/mol. The van der Waals surface area contributed by atoms with Gasteiger partial charge in [-0.05, 0) is 49.2 Å². The lowest BCUT2D eigenvalue weighted by atomic mass is 10.1. The van der Waals surface area contributed by atoms with Gasteiger partial charge in [0.2, 0.25) is 5.91 Å². The third-order valence-electron chi connectivity index (χ3n) is 4.29. The minimum absolute atomic E-state index is 0.149. The van der Waals surface area contributed by atoms with Crippen LogP contribution in [0.5, 0.6) is 0 Å². The van der Waals surface area contributed by atoms with Gasteiger partial charge in [0.25, 0.3) is 0 Å². The summed E-state index contributed by atoms with van der Waals surface area (Å²) in [6.07, 6.45) is 0. The van der Waals surface area contributed by atoms with Crippen molar-refractivity contribution in [2.24, 2.45) is 0 Å². The average Bonchev–Trinajstić information content (AvgIpc) is 3.02. The monoisotopic (exact) mass is 427 g/mol. The second-order valence-electron chi connectivity index (χ2n) is 6.38. The summed E-state index contributed by atoms with van der Waals surface area (Å²) in [5.74, 6) is -0.743. The molecule has 0 aliphatic carbocycles. The second kappa shape index (κ2) is 9.24. The van der Waals surface area contributed by atoms with Gasteiger partial charge in [-0.2, -0.15) is 0 Å². The van der Waals surface area contributed by atoms with Gasteiger partial charge < -0.3 is 10.1 Å². The van der Waals surface area contributed by atoms with Crippen LogP contribution in [0.3, 0.4) is 0 Å². The molecule has 1 amide bonds. The number of hydrogen-bond donors (Lipinski definition) is 1. The Hall–Kier alpha value is -2.64. The van der Waals surface area contributed by atoms with E-state index in [1.54, 1.807) is 13.8 Å². The molecule has 0 bridgehead atoms. The van der Waals surface area contributed by atoms with Gasteiger partial charge in [-0.3, -0.25) is 9.59 Å². The molecule has 7 heteroatoms. The van der Waals surface area contributed by atoms with Crippen LogP contribution in [0.4, 0.5) is 5.00 Å². The number of anilines is 1. The van der Waals surface area contributed by atoms with Crippen molar-refractivity contribution in [1.29, 1.82) is 0 Å². The molecule has 2 aromatic carbocycles. The minimum atomic E-state index is -0.536. The standard InChI is InChI=1S/C22H21NO4S2/c1-4-27-22(26)19-13(2)20(14(3)24)29-21(19)23-18(25)12-28-17-10-9-15-7-5-6-8-16(15)11-17/h5-11H,4,12H2,1-3H3,(H,23,25). The number of hydrogen-bond acceptors (Lipinski definition) is 6. The maximum atomic E-state index is 12.5. The number of carbonyl (C=O) groups excluding carboxylic acids is 3. The molecule has 0 unspecified atom stereocenters. The highest BCUT2D eigenvalue weighted by Gasteiger charge is 2.25. The highest BCUT2D eigenvalue weighted by atomic mass is 32.2. The van der Waals surface area contributed by atoms with Gasteiger partial charge in [0.1, 0.15) is 5.00 Å². The third-order valence-corrected chi connectivity index (χ3v) is 6.59. The number of carbonyl (C=O) groups is 3. The maximum absolute atomic E-state index is 12.5. The Balaban J connectivity index is 1.74. The van der Waals surface area contributed by atoms with E-state index in [4.69, 9.17) is 4.74 Å². The van der Waals surface area contributed by atoms with Crippen LogP contribution in [-0.2, 0) is 9.53 Å². The molecule has 0 saturated heterocycles. The topological polar surface area (TPSA) is 72.5 Å². The molecule has 29 heavy (non-hydrogen) atoms. The van der Waals surface area contributed by atoms with Gasteiger partial charge in [-0.15, -0.1) is 23.1 Å². The molecule has 1 heterocycles. The fourth-order valence-electron chi connectivity index (χ4n) is 2.96. The van der Waals surface area contributed by atoms with E-state index in [1.165, 1.54) is 18.7 Å². The number of amides is 1. The predicted octanol–water partition coefficient (Wildman–Crippen LogP) is 5.32. The number of benzene rings is 2. The molecule has 5 nitrogen and oxygen atoms in total. The number of Topliss-reactive ketones (excluding diaryl/α,β-unsaturated/α-hetero) is 1. The lowest BCUT2D eigenvalue weighted by molar-refractivity contribution is -0.113. The molecular formula is C22H21NO4S2. The van der Waals surface area contributed by atoms with Crippen molar-refractivity contribution in [3.05, 3.63) is 58.5 Å². The summed E-state index contributed by atoms with van der Waals surface area (Å²) in [7, 11) is 0. The van der Waals surface area contributed by atoms with Crippen molar-refractivity contribution in [2.75, 3.05) is 17.7 Å². The molecule has 0 fully saturated rings. The van der Waals surface area contributed by atoms with Crippen molar-refractivity contribution in [1.82, 2.24) is 0 Å². The van der Waals surface area contributed by atoms with Gasteiger partial charge in [0.05, 0.1) is 22.8 Å². The van der Waals surface area contributed by atoms with Crippen LogP contribution in [0, 0.1) is 6.92 Å². The van der Waals surface area contributed by atoms with Crippen LogP contribution in [0.1, 0.15) is 39.4 Å². The van der Waals surface area contributed by atoms with Crippen molar-refractivity contribution in [2.45, 2.75) is 25.7 Å². The Bertz CT molecular complexity index is 1090. The van der Waals surface area contributed by atoms with Crippen molar-refractivity contribution < 1.29 is 19.1 Å². The molecule has 0 radical (unpaired) electrons. The van der Waals surface area contributed by atoms with Crippen molar-refractivity contribution in [3.8, 4) is 0 Å². The number of thiophene rings is 1. The third kappa shape index (κ3) is 4.86. The summed E-state index contributed by atoms with van der Waals surface area (Å²) in [5, 5.41) is 5.39. The zero-order chi connectivity index (χ0) is 21.0. The van der Waals surface area contributed by atoms with E-state index in [2.05, 4.69) is 5.32 Å². The zero-order valence-corrected chi connectivity index (χ0v) is 18.0.